The molecule has 2 heteroatoms. The van der Waals surface area contributed by atoms with Crippen LogP contribution in [0.3, 0.4) is 0 Å². The number of benzene rings is 1. The molecule has 1 aromatic carbocycles. The Morgan fingerprint density at radius 3 is 2.67 bits per heavy atom. The first-order valence-electron chi connectivity index (χ1n) is 5.66. The summed E-state index contributed by atoms with van der Waals surface area (Å²) in [5.74, 6) is 0.818. The molecule has 0 unspecified atom stereocenters. The zero-order chi connectivity index (χ0) is 10.5. The Balaban J connectivity index is 1.60. The van der Waals surface area contributed by atoms with Gasteiger partial charge in [-0.25, -0.2) is 0 Å². The zero-order valence-corrected chi connectivity index (χ0v) is 9.28. The van der Waals surface area contributed by atoms with Crippen molar-refractivity contribution in [2.24, 2.45) is 5.92 Å². The molecule has 2 rings (SSSR count). The topological polar surface area (TPSA) is 21.3 Å². The fourth-order valence-corrected chi connectivity index (χ4v) is 2.05. The second kappa shape index (κ2) is 5.29. The van der Waals surface area contributed by atoms with Gasteiger partial charge in [-0.15, -0.1) is 0 Å². The Labute approximate surface area is 91.6 Å². The maximum absolute atomic E-state index is 5.25. The summed E-state index contributed by atoms with van der Waals surface area (Å²) < 4.78 is 5.25. The maximum atomic E-state index is 5.25. The second-order valence-corrected chi connectivity index (χ2v) is 4.31. The van der Waals surface area contributed by atoms with E-state index >= 15 is 0 Å². The minimum Gasteiger partial charge on any atom is -0.381 e. The van der Waals surface area contributed by atoms with Crippen LogP contribution in [-0.2, 0) is 11.3 Å². The smallest absolute Gasteiger partial charge is 0.0577 e. The number of methoxy groups -OCH3 is 1. The molecule has 0 saturated heterocycles. The molecule has 82 valence electrons. The summed E-state index contributed by atoms with van der Waals surface area (Å²) in [4.78, 5) is 0. The van der Waals surface area contributed by atoms with E-state index in [2.05, 4.69) is 35.6 Å². The third-order valence-corrected chi connectivity index (χ3v) is 3.13. The highest BCUT2D eigenvalue weighted by Crippen LogP contribution is 2.28. The van der Waals surface area contributed by atoms with Crippen molar-refractivity contribution < 1.29 is 4.74 Å². The molecule has 15 heavy (non-hydrogen) atoms. The number of hydrogen-bond acceptors (Lipinski definition) is 2. The van der Waals surface area contributed by atoms with Crippen molar-refractivity contribution in [3.8, 4) is 0 Å². The van der Waals surface area contributed by atoms with E-state index in [0.29, 0.717) is 6.10 Å². The Morgan fingerprint density at radius 2 is 2.00 bits per heavy atom. The molecule has 1 aromatic rings. The van der Waals surface area contributed by atoms with Crippen LogP contribution in [0.25, 0.3) is 0 Å². The zero-order valence-electron chi connectivity index (χ0n) is 9.28. The van der Waals surface area contributed by atoms with Crippen LogP contribution < -0.4 is 5.32 Å². The van der Waals surface area contributed by atoms with Gasteiger partial charge in [0.15, 0.2) is 0 Å². The minimum atomic E-state index is 0.522. The fraction of sp³-hybridized carbons (Fsp3) is 0.538. The van der Waals surface area contributed by atoms with Crippen LogP contribution in [0.15, 0.2) is 30.3 Å². The van der Waals surface area contributed by atoms with Crippen LogP contribution >= 0.6 is 0 Å². The van der Waals surface area contributed by atoms with Crippen molar-refractivity contribution >= 4 is 0 Å². The average Bonchev–Trinajstić information content (AvgIpc) is 2.23. The van der Waals surface area contributed by atoms with Gasteiger partial charge < -0.3 is 10.1 Å². The lowest BCUT2D eigenvalue weighted by molar-refractivity contribution is 0.00154. The van der Waals surface area contributed by atoms with Crippen LogP contribution in [0.4, 0.5) is 0 Å². The Kier molecular flexibility index (Phi) is 3.75. The summed E-state index contributed by atoms with van der Waals surface area (Å²) >= 11 is 0. The maximum Gasteiger partial charge on any atom is 0.0577 e. The lowest BCUT2D eigenvalue weighted by Crippen LogP contribution is -2.37. The number of rotatable bonds is 5. The molecule has 0 bridgehead atoms. The molecule has 0 spiro atoms. The highest BCUT2D eigenvalue weighted by molar-refractivity contribution is 5.14. The van der Waals surface area contributed by atoms with E-state index in [4.69, 9.17) is 4.74 Å². The van der Waals surface area contributed by atoms with Gasteiger partial charge in [0, 0.05) is 13.7 Å². The van der Waals surface area contributed by atoms with E-state index in [1.165, 1.54) is 18.4 Å². The highest BCUT2D eigenvalue weighted by Gasteiger charge is 2.28. The van der Waals surface area contributed by atoms with Gasteiger partial charge in [0.05, 0.1) is 6.10 Å². The van der Waals surface area contributed by atoms with Crippen LogP contribution in [-0.4, -0.2) is 19.8 Å². The SMILES string of the molecule is COC1CC(CNCc2ccccc2)C1. The normalized spacial score (nSPS) is 24.9. The van der Waals surface area contributed by atoms with Gasteiger partial charge in [0.2, 0.25) is 0 Å². The first-order valence-corrected chi connectivity index (χ1v) is 5.66. The van der Waals surface area contributed by atoms with E-state index in [0.717, 1.165) is 19.0 Å². The lowest BCUT2D eigenvalue weighted by atomic mass is 9.82. The third kappa shape index (κ3) is 3.05. The van der Waals surface area contributed by atoms with Gasteiger partial charge in [0.1, 0.15) is 0 Å². The van der Waals surface area contributed by atoms with Gasteiger partial charge in [-0.05, 0) is 30.9 Å². The van der Waals surface area contributed by atoms with Crippen molar-refractivity contribution in [3.05, 3.63) is 35.9 Å². The second-order valence-electron chi connectivity index (χ2n) is 4.31. The molecular formula is C13H19NO. The van der Waals surface area contributed by atoms with Crippen molar-refractivity contribution in [2.75, 3.05) is 13.7 Å². The summed E-state index contributed by atoms with van der Waals surface area (Å²) in [6.07, 6.45) is 2.96. The molecule has 2 nitrogen and oxygen atoms in total. The first-order chi connectivity index (χ1) is 7.38. The van der Waals surface area contributed by atoms with Crippen molar-refractivity contribution in [2.45, 2.75) is 25.5 Å². The van der Waals surface area contributed by atoms with Crippen LogP contribution in [0.1, 0.15) is 18.4 Å². The number of ether oxygens (including phenoxy) is 1. The Hall–Kier alpha value is -0.860. The van der Waals surface area contributed by atoms with E-state index < -0.39 is 0 Å². The molecule has 0 amide bonds. The quantitative estimate of drug-likeness (QED) is 0.795. The molecule has 0 aliphatic heterocycles. The van der Waals surface area contributed by atoms with E-state index in [-0.39, 0.29) is 0 Å². The summed E-state index contributed by atoms with van der Waals surface area (Å²) in [6.45, 7) is 2.10. The van der Waals surface area contributed by atoms with Crippen molar-refractivity contribution in [1.82, 2.24) is 5.32 Å². The van der Waals surface area contributed by atoms with E-state index in [1.807, 2.05) is 0 Å². The van der Waals surface area contributed by atoms with Crippen molar-refractivity contribution in [1.29, 1.82) is 0 Å². The van der Waals surface area contributed by atoms with Gasteiger partial charge >= 0.3 is 0 Å². The summed E-state index contributed by atoms with van der Waals surface area (Å²) in [5, 5.41) is 3.49. The molecule has 0 aromatic heterocycles. The van der Waals surface area contributed by atoms with Gasteiger partial charge in [0.25, 0.3) is 0 Å². The molecule has 1 saturated carbocycles. The third-order valence-electron chi connectivity index (χ3n) is 3.13. The standard InChI is InChI=1S/C13H19NO/c1-15-13-7-12(8-13)10-14-9-11-5-3-2-4-6-11/h2-6,12-14H,7-10H2,1H3. The largest absolute Gasteiger partial charge is 0.381 e. The first kappa shape index (κ1) is 10.7. The van der Waals surface area contributed by atoms with Crippen LogP contribution in [0, 0.1) is 5.92 Å². The minimum absolute atomic E-state index is 0.522. The molecule has 1 aliphatic carbocycles. The van der Waals surface area contributed by atoms with E-state index in [1.54, 1.807) is 7.11 Å². The molecule has 0 heterocycles. The molecule has 1 N–H and O–H groups in total. The van der Waals surface area contributed by atoms with Gasteiger partial charge in [-0.2, -0.15) is 0 Å². The fourth-order valence-electron chi connectivity index (χ4n) is 2.05. The molecule has 1 aliphatic rings. The molecular weight excluding hydrogens is 186 g/mol. The molecule has 0 radical (unpaired) electrons. The van der Waals surface area contributed by atoms with Gasteiger partial charge in [-0.3, -0.25) is 0 Å². The van der Waals surface area contributed by atoms with Gasteiger partial charge in [-0.1, -0.05) is 30.3 Å². The van der Waals surface area contributed by atoms with Crippen LogP contribution in [0.5, 0.6) is 0 Å². The summed E-state index contributed by atoms with van der Waals surface area (Å²) in [6, 6.07) is 10.5. The summed E-state index contributed by atoms with van der Waals surface area (Å²) in [7, 11) is 1.80. The Morgan fingerprint density at radius 1 is 1.27 bits per heavy atom. The van der Waals surface area contributed by atoms with E-state index in [9.17, 15) is 0 Å². The Bertz CT molecular complexity index is 280. The van der Waals surface area contributed by atoms with Crippen molar-refractivity contribution in [3.63, 3.8) is 0 Å². The predicted octanol–water partition coefficient (Wildman–Crippen LogP) is 2.20. The number of hydrogen-bond donors (Lipinski definition) is 1. The average molecular weight is 205 g/mol. The summed E-state index contributed by atoms with van der Waals surface area (Å²) in [5.41, 5.74) is 1.36. The molecule has 0 atom stereocenters. The number of nitrogens with one attached hydrogen (secondary N) is 1. The predicted molar refractivity (Wildman–Crippen MR) is 61.7 cm³/mol. The highest BCUT2D eigenvalue weighted by atomic mass is 16.5. The van der Waals surface area contributed by atoms with Crippen LogP contribution in [0.2, 0.25) is 0 Å². The molecule has 1 fully saturated rings. The lowest BCUT2D eigenvalue weighted by Gasteiger charge is -2.34. The monoisotopic (exact) mass is 205 g/mol.